The van der Waals surface area contributed by atoms with Crippen LogP contribution in [0.25, 0.3) is 5.69 Å². The van der Waals surface area contributed by atoms with Gasteiger partial charge < -0.3 is 10.1 Å². The SMILES string of the molecule is C[C@H](NC(=O)COc1ccccc1Cc1ccccc1)c1ccc(-n2cncn2)cc1. The summed E-state index contributed by atoms with van der Waals surface area (Å²) in [6.07, 6.45) is 3.90. The molecular formula is C25H24N4O2. The van der Waals surface area contributed by atoms with Crippen molar-refractivity contribution in [3.8, 4) is 11.4 Å². The predicted octanol–water partition coefficient (Wildman–Crippen LogP) is 4.11. The fourth-order valence-electron chi connectivity index (χ4n) is 3.37. The Hall–Kier alpha value is -3.93. The molecular weight excluding hydrogens is 388 g/mol. The second-order valence-corrected chi connectivity index (χ2v) is 7.28. The van der Waals surface area contributed by atoms with E-state index in [1.807, 2.05) is 73.7 Å². The molecule has 1 atom stereocenters. The molecule has 6 nitrogen and oxygen atoms in total. The minimum Gasteiger partial charge on any atom is -0.483 e. The number of para-hydroxylation sites is 1. The van der Waals surface area contributed by atoms with Crippen molar-refractivity contribution < 1.29 is 9.53 Å². The van der Waals surface area contributed by atoms with Crippen molar-refractivity contribution in [1.82, 2.24) is 20.1 Å². The number of nitrogens with zero attached hydrogens (tertiary/aromatic N) is 3. The predicted molar refractivity (Wildman–Crippen MR) is 119 cm³/mol. The summed E-state index contributed by atoms with van der Waals surface area (Å²) in [5.74, 6) is 0.564. The number of amides is 1. The third-order valence-corrected chi connectivity index (χ3v) is 5.02. The Labute approximate surface area is 181 Å². The molecule has 1 aromatic heterocycles. The lowest BCUT2D eigenvalue weighted by molar-refractivity contribution is -0.123. The summed E-state index contributed by atoms with van der Waals surface area (Å²) in [4.78, 5) is 16.4. The van der Waals surface area contributed by atoms with Crippen molar-refractivity contribution in [2.75, 3.05) is 6.61 Å². The molecule has 31 heavy (non-hydrogen) atoms. The van der Waals surface area contributed by atoms with E-state index in [4.69, 9.17) is 4.74 Å². The van der Waals surface area contributed by atoms with Crippen LogP contribution in [0.15, 0.2) is 91.5 Å². The van der Waals surface area contributed by atoms with Crippen LogP contribution >= 0.6 is 0 Å². The molecule has 0 aliphatic carbocycles. The summed E-state index contributed by atoms with van der Waals surface area (Å²) in [5, 5.41) is 7.11. The van der Waals surface area contributed by atoms with Gasteiger partial charge in [0.25, 0.3) is 5.91 Å². The molecule has 0 radical (unpaired) electrons. The third kappa shape index (κ3) is 5.36. The highest BCUT2D eigenvalue weighted by atomic mass is 16.5. The summed E-state index contributed by atoms with van der Waals surface area (Å²) in [5.41, 5.74) is 4.17. The van der Waals surface area contributed by atoms with Gasteiger partial charge in [-0.1, -0.05) is 60.7 Å². The first-order valence-corrected chi connectivity index (χ1v) is 10.2. The Balaban J connectivity index is 1.33. The third-order valence-electron chi connectivity index (χ3n) is 5.02. The second-order valence-electron chi connectivity index (χ2n) is 7.28. The van der Waals surface area contributed by atoms with Gasteiger partial charge in [-0.15, -0.1) is 0 Å². The van der Waals surface area contributed by atoms with Gasteiger partial charge in [0, 0.05) is 6.42 Å². The highest BCUT2D eigenvalue weighted by Crippen LogP contribution is 2.21. The second kappa shape index (κ2) is 9.71. The van der Waals surface area contributed by atoms with Crippen LogP contribution in [0.5, 0.6) is 5.75 Å². The molecule has 3 aromatic carbocycles. The van der Waals surface area contributed by atoms with E-state index >= 15 is 0 Å². The van der Waals surface area contributed by atoms with Crippen LogP contribution in [0, 0.1) is 0 Å². The molecule has 0 bridgehead atoms. The highest BCUT2D eigenvalue weighted by Gasteiger charge is 2.12. The summed E-state index contributed by atoms with van der Waals surface area (Å²) in [6.45, 7) is 1.92. The molecule has 0 fully saturated rings. The van der Waals surface area contributed by atoms with Gasteiger partial charge in [0.05, 0.1) is 11.7 Å². The number of hydrogen-bond donors (Lipinski definition) is 1. The number of benzene rings is 3. The number of rotatable bonds is 8. The van der Waals surface area contributed by atoms with Crippen LogP contribution in [0.2, 0.25) is 0 Å². The maximum absolute atomic E-state index is 12.5. The van der Waals surface area contributed by atoms with Crippen LogP contribution in [-0.4, -0.2) is 27.3 Å². The van der Waals surface area contributed by atoms with E-state index in [0.29, 0.717) is 0 Å². The van der Waals surface area contributed by atoms with Gasteiger partial charge in [-0.3, -0.25) is 4.79 Å². The molecule has 0 saturated heterocycles. The summed E-state index contributed by atoms with van der Waals surface area (Å²) in [6, 6.07) is 25.7. The largest absolute Gasteiger partial charge is 0.483 e. The molecule has 0 unspecified atom stereocenters. The van der Waals surface area contributed by atoms with Gasteiger partial charge in [-0.2, -0.15) is 5.10 Å². The number of ether oxygens (including phenoxy) is 1. The Morgan fingerprint density at radius 3 is 2.48 bits per heavy atom. The molecule has 1 heterocycles. The Kier molecular flexibility index (Phi) is 6.38. The highest BCUT2D eigenvalue weighted by molar-refractivity contribution is 5.78. The molecule has 156 valence electrons. The first-order chi connectivity index (χ1) is 15.2. The van der Waals surface area contributed by atoms with E-state index in [1.165, 1.54) is 11.9 Å². The average molecular weight is 412 g/mol. The number of carbonyl (C=O) groups is 1. The fraction of sp³-hybridized carbons (Fsp3) is 0.160. The zero-order chi connectivity index (χ0) is 21.5. The summed E-state index contributed by atoms with van der Waals surface area (Å²) >= 11 is 0. The van der Waals surface area contributed by atoms with Crippen LogP contribution in [0.1, 0.15) is 29.7 Å². The molecule has 0 saturated carbocycles. The van der Waals surface area contributed by atoms with Crippen LogP contribution < -0.4 is 10.1 Å². The molecule has 0 aliphatic rings. The normalized spacial score (nSPS) is 11.6. The average Bonchev–Trinajstić information content (AvgIpc) is 3.34. The molecule has 6 heteroatoms. The van der Waals surface area contributed by atoms with Crippen molar-refractivity contribution in [2.24, 2.45) is 0 Å². The Morgan fingerprint density at radius 2 is 1.74 bits per heavy atom. The lowest BCUT2D eigenvalue weighted by atomic mass is 10.0. The van der Waals surface area contributed by atoms with E-state index < -0.39 is 0 Å². The van der Waals surface area contributed by atoms with Gasteiger partial charge >= 0.3 is 0 Å². The minimum atomic E-state index is -0.164. The van der Waals surface area contributed by atoms with E-state index in [2.05, 4.69) is 27.5 Å². The van der Waals surface area contributed by atoms with E-state index in [0.717, 1.165) is 29.0 Å². The van der Waals surface area contributed by atoms with E-state index in [-0.39, 0.29) is 18.6 Å². The van der Waals surface area contributed by atoms with Crippen molar-refractivity contribution >= 4 is 5.91 Å². The van der Waals surface area contributed by atoms with Crippen molar-refractivity contribution in [3.63, 3.8) is 0 Å². The topological polar surface area (TPSA) is 69.0 Å². The Bertz CT molecular complexity index is 1110. The first-order valence-electron chi connectivity index (χ1n) is 10.2. The molecule has 4 rings (SSSR count). The van der Waals surface area contributed by atoms with Gasteiger partial charge in [-0.25, -0.2) is 9.67 Å². The number of hydrogen-bond acceptors (Lipinski definition) is 4. The number of aromatic nitrogens is 3. The van der Waals surface area contributed by atoms with Gasteiger partial charge in [0.15, 0.2) is 6.61 Å². The van der Waals surface area contributed by atoms with Gasteiger partial charge in [0.2, 0.25) is 0 Å². The fourth-order valence-corrected chi connectivity index (χ4v) is 3.37. The van der Waals surface area contributed by atoms with E-state index in [1.54, 1.807) is 11.0 Å². The summed E-state index contributed by atoms with van der Waals surface area (Å²) < 4.78 is 7.53. The Morgan fingerprint density at radius 1 is 1.00 bits per heavy atom. The van der Waals surface area contributed by atoms with Gasteiger partial charge in [-0.05, 0) is 41.8 Å². The minimum absolute atomic E-state index is 0.0345. The number of nitrogens with one attached hydrogen (secondary N) is 1. The molecule has 1 N–H and O–H groups in total. The maximum Gasteiger partial charge on any atom is 0.258 e. The van der Waals surface area contributed by atoms with Crippen LogP contribution in [0.4, 0.5) is 0 Å². The molecule has 1 amide bonds. The zero-order valence-electron chi connectivity index (χ0n) is 17.3. The van der Waals surface area contributed by atoms with Crippen LogP contribution in [0.3, 0.4) is 0 Å². The zero-order valence-corrected chi connectivity index (χ0v) is 17.3. The summed E-state index contributed by atoms with van der Waals surface area (Å²) in [7, 11) is 0. The molecule has 0 spiro atoms. The van der Waals surface area contributed by atoms with Crippen molar-refractivity contribution in [3.05, 3.63) is 108 Å². The quantitative estimate of drug-likeness (QED) is 0.473. The lowest BCUT2D eigenvalue weighted by Gasteiger charge is -2.16. The van der Waals surface area contributed by atoms with E-state index in [9.17, 15) is 4.79 Å². The van der Waals surface area contributed by atoms with Crippen molar-refractivity contribution in [2.45, 2.75) is 19.4 Å². The standard InChI is InChI=1S/C25H24N4O2/c1-19(21-11-13-23(14-12-21)29-18-26-17-27-29)28-25(30)16-31-24-10-6-5-9-22(24)15-20-7-3-2-4-8-20/h2-14,17-19H,15-16H2,1H3,(H,28,30)/t19-/m0/s1. The maximum atomic E-state index is 12.5. The van der Waals surface area contributed by atoms with Gasteiger partial charge in [0.1, 0.15) is 18.4 Å². The van der Waals surface area contributed by atoms with Crippen molar-refractivity contribution in [1.29, 1.82) is 0 Å². The first kappa shape index (κ1) is 20.3. The van der Waals surface area contributed by atoms with Crippen LogP contribution in [-0.2, 0) is 11.2 Å². The lowest BCUT2D eigenvalue weighted by Crippen LogP contribution is -2.31. The molecule has 0 aliphatic heterocycles. The monoisotopic (exact) mass is 412 g/mol. The smallest absolute Gasteiger partial charge is 0.258 e. The number of carbonyl (C=O) groups excluding carboxylic acids is 1. The molecule has 4 aromatic rings.